The van der Waals surface area contributed by atoms with E-state index in [1.807, 2.05) is 13.0 Å². The SMILES string of the molecule is [C-]#[N+]C1=C[C@]2(C)C3=CC(=O)[C@@H]4[C@@H]5CC(C)(C)CC[C@]5(c5nc(C(F)(F)F)no5)CC[C@@]4(C)[C@]3(C)CC[C@H]2[C@H](C)C1=O. The average Bonchev–Trinajstić information content (AvgIpc) is 3.39. The first kappa shape index (κ1) is 28.4. The van der Waals surface area contributed by atoms with Gasteiger partial charge in [-0.1, -0.05) is 58.3 Å². The molecule has 9 heteroatoms. The third-order valence-corrected chi connectivity index (χ3v) is 12.6. The Bertz CT molecular complexity index is 1450. The molecule has 0 N–H and O–H groups in total. The average molecular weight is 570 g/mol. The highest BCUT2D eigenvalue weighted by molar-refractivity contribution is 6.01. The van der Waals surface area contributed by atoms with Crippen molar-refractivity contribution in [1.29, 1.82) is 0 Å². The van der Waals surface area contributed by atoms with E-state index < -0.39 is 34.2 Å². The number of Topliss-reactive ketones (excluding diaryl/α,β-unsaturated/α-hetero) is 1. The van der Waals surface area contributed by atoms with Gasteiger partial charge in [0.25, 0.3) is 5.82 Å². The van der Waals surface area contributed by atoms with Gasteiger partial charge in [0.1, 0.15) is 0 Å². The normalized spacial score (nSPS) is 43.5. The summed E-state index contributed by atoms with van der Waals surface area (Å²) in [5, 5.41) is 3.32. The van der Waals surface area contributed by atoms with Crippen LogP contribution < -0.4 is 0 Å². The lowest BCUT2D eigenvalue weighted by atomic mass is 9.35. The monoisotopic (exact) mass is 569 g/mol. The quantitative estimate of drug-likeness (QED) is 0.327. The van der Waals surface area contributed by atoms with Crippen LogP contribution in [0.15, 0.2) is 27.9 Å². The predicted octanol–water partition coefficient (Wildman–Crippen LogP) is 7.52. The number of aromatic nitrogens is 2. The molecule has 220 valence electrons. The molecule has 1 aromatic rings. The highest BCUT2D eigenvalue weighted by atomic mass is 19.4. The minimum atomic E-state index is -4.71. The number of nitrogens with zero attached hydrogens (tertiary/aromatic N) is 3. The minimum Gasteiger partial charge on any atom is -0.338 e. The van der Waals surface area contributed by atoms with E-state index in [2.05, 4.69) is 49.6 Å². The van der Waals surface area contributed by atoms with E-state index in [0.717, 1.165) is 24.8 Å². The maximum atomic E-state index is 14.5. The summed E-state index contributed by atoms with van der Waals surface area (Å²) in [4.78, 5) is 34.9. The number of allylic oxidation sites excluding steroid dienone is 4. The Kier molecular flexibility index (Phi) is 5.82. The molecule has 1 heterocycles. The van der Waals surface area contributed by atoms with Crippen molar-refractivity contribution in [3.05, 3.63) is 46.6 Å². The van der Waals surface area contributed by atoms with Crippen LogP contribution in [-0.2, 0) is 21.2 Å². The lowest BCUT2D eigenvalue weighted by Gasteiger charge is -2.68. The molecular weight excluding hydrogens is 531 g/mol. The van der Waals surface area contributed by atoms with Crippen LogP contribution in [0.2, 0.25) is 0 Å². The molecule has 0 spiro atoms. The molecule has 8 atom stereocenters. The van der Waals surface area contributed by atoms with Gasteiger partial charge in [0.2, 0.25) is 11.6 Å². The van der Waals surface area contributed by atoms with Crippen LogP contribution in [0.1, 0.15) is 98.2 Å². The van der Waals surface area contributed by atoms with Crippen LogP contribution in [0, 0.1) is 51.9 Å². The van der Waals surface area contributed by atoms with Gasteiger partial charge in [-0.25, -0.2) is 4.85 Å². The number of hydrogen-bond acceptors (Lipinski definition) is 5. The van der Waals surface area contributed by atoms with E-state index in [4.69, 9.17) is 11.1 Å². The Labute approximate surface area is 239 Å². The lowest BCUT2D eigenvalue weighted by Crippen LogP contribution is -2.65. The van der Waals surface area contributed by atoms with Gasteiger partial charge in [0, 0.05) is 17.3 Å². The van der Waals surface area contributed by atoms with Gasteiger partial charge in [0.15, 0.2) is 11.6 Å². The molecular formula is C32H38F3N3O3. The maximum Gasteiger partial charge on any atom is 0.455 e. The van der Waals surface area contributed by atoms with Crippen molar-refractivity contribution < 1.29 is 27.3 Å². The molecule has 41 heavy (non-hydrogen) atoms. The molecule has 5 aliphatic carbocycles. The van der Waals surface area contributed by atoms with Crippen molar-refractivity contribution in [3.63, 3.8) is 0 Å². The first-order chi connectivity index (χ1) is 18.9. The number of ketones is 2. The van der Waals surface area contributed by atoms with Gasteiger partial charge in [0.05, 0.1) is 12.0 Å². The summed E-state index contributed by atoms with van der Waals surface area (Å²) in [5.74, 6) is -2.35. The molecule has 0 aliphatic heterocycles. The lowest BCUT2D eigenvalue weighted by molar-refractivity contribution is -0.160. The molecule has 3 fully saturated rings. The summed E-state index contributed by atoms with van der Waals surface area (Å²) in [5.41, 5.74) is -1.19. The Morgan fingerprint density at radius 2 is 1.71 bits per heavy atom. The summed E-state index contributed by atoms with van der Waals surface area (Å²) >= 11 is 0. The number of halogens is 3. The number of alkyl halides is 3. The van der Waals surface area contributed by atoms with Crippen molar-refractivity contribution >= 4 is 11.6 Å². The molecule has 0 unspecified atom stereocenters. The first-order valence-electron chi connectivity index (χ1n) is 14.8. The van der Waals surface area contributed by atoms with E-state index in [1.54, 1.807) is 6.08 Å². The predicted molar refractivity (Wildman–Crippen MR) is 144 cm³/mol. The van der Waals surface area contributed by atoms with Crippen molar-refractivity contribution in [1.82, 2.24) is 10.1 Å². The van der Waals surface area contributed by atoms with Gasteiger partial charge in [-0.3, -0.25) is 4.79 Å². The molecule has 3 saturated carbocycles. The molecule has 1 aromatic heterocycles. The summed E-state index contributed by atoms with van der Waals surface area (Å²) in [6.45, 7) is 20.4. The highest BCUT2D eigenvalue weighted by Crippen LogP contribution is 2.73. The third-order valence-electron chi connectivity index (χ3n) is 12.6. The van der Waals surface area contributed by atoms with E-state index in [-0.39, 0.29) is 51.7 Å². The third kappa shape index (κ3) is 3.61. The number of hydrogen-bond donors (Lipinski definition) is 0. The largest absolute Gasteiger partial charge is 0.455 e. The zero-order chi connectivity index (χ0) is 30.0. The fourth-order valence-corrected chi connectivity index (χ4v) is 10.1. The van der Waals surface area contributed by atoms with Crippen LogP contribution in [0.25, 0.3) is 4.85 Å². The van der Waals surface area contributed by atoms with Crippen molar-refractivity contribution in [2.24, 2.45) is 45.3 Å². The van der Waals surface area contributed by atoms with E-state index >= 15 is 0 Å². The van der Waals surface area contributed by atoms with Crippen LogP contribution in [-0.4, -0.2) is 21.7 Å². The van der Waals surface area contributed by atoms with Crippen molar-refractivity contribution in [2.45, 2.75) is 98.1 Å². The first-order valence-corrected chi connectivity index (χ1v) is 14.8. The fraction of sp³-hybridized carbons (Fsp3) is 0.719. The second kappa shape index (κ2) is 8.41. The Hall–Kier alpha value is -2.76. The number of fused-ring (bicyclic) bond motifs is 7. The van der Waals surface area contributed by atoms with Crippen LogP contribution >= 0.6 is 0 Å². The Morgan fingerprint density at radius 1 is 1.02 bits per heavy atom. The minimum absolute atomic E-state index is 0.00301. The second-order valence-electron chi connectivity index (χ2n) is 15.0. The maximum absolute atomic E-state index is 14.5. The number of carbonyl (C=O) groups excluding carboxylic acids is 2. The summed E-state index contributed by atoms with van der Waals surface area (Å²) in [6, 6.07) is 0. The molecule has 0 bridgehead atoms. The van der Waals surface area contributed by atoms with Gasteiger partial charge >= 0.3 is 6.18 Å². The van der Waals surface area contributed by atoms with E-state index in [9.17, 15) is 22.8 Å². The second-order valence-corrected chi connectivity index (χ2v) is 15.0. The molecule has 6 nitrogen and oxygen atoms in total. The summed E-state index contributed by atoms with van der Waals surface area (Å²) < 4.78 is 46.0. The molecule has 5 aliphatic rings. The van der Waals surface area contributed by atoms with Crippen LogP contribution in [0.3, 0.4) is 0 Å². The molecule has 0 saturated heterocycles. The standard InChI is InChI=1S/C32H38F3N3O3/c1-17-18-8-9-29(5)22(28(18,4)16-20(36-7)24(17)40)14-21(39)23-19-15-27(2,3)10-12-31(19,13-11-30(23,29)6)26-37-25(38-41-26)32(33,34)35/h14,16-19,23H,8-13,15H2,1-6H3/t17-,18-,19-,23-,28-,29+,30+,31-/m0/s1. The molecule has 0 radical (unpaired) electrons. The smallest absolute Gasteiger partial charge is 0.338 e. The number of carbonyl (C=O) groups is 2. The topological polar surface area (TPSA) is 77.4 Å². The Balaban J connectivity index is 1.51. The van der Waals surface area contributed by atoms with Crippen LogP contribution in [0.4, 0.5) is 13.2 Å². The fourth-order valence-electron chi connectivity index (χ4n) is 10.1. The zero-order valence-corrected chi connectivity index (χ0v) is 24.6. The van der Waals surface area contributed by atoms with E-state index in [1.165, 1.54) is 0 Å². The van der Waals surface area contributed by atoms with E-state index in [0.29, 0.717) is 25.7 Å². The van der Waals surface area contributed by atoms with Crippen LogP contribution in [0.5, 0.6) is 0 Å². The van der Waals surface area contributed by atoms with Gasteiger partial charge in [-0.15, -0.1) is 0 Å². The number of rotatable bonds is 1. The Morgan fingerprint density at radius 3 is 2.34 bits per heavy atom. The zero-order valence-electron chi connectivity index (χ0n) is 24.6. The van der Waals surface area contributed by atoms with Crippen molar-refractivity contribution in [2.75, 3.05) is 0 Å². The van der Waals surface area contributed by atoms with Gasteiger partial charge in [-0.05, 0) is 79.1 Å². The molecule has 6 rings (SSSR count). The summed E-state index contributed by atoms with van der Waals surface area (Å²) in [6.07, 6.45) is 3.77. The van der Waals surface area contributed by atoms with Gasteiger partial charge < -0.3 is 9.32 Å². The highest BCUT2D eigenvalue weighted by Gasteiger charge is 2.70. The molecule has 0 aromatic carbocycles. The summed E-state index contributed by atoms with van der Waals surface area (Å²) in [7, 11) is 0. The van der Waals surface area contributed by atoms with Crippen molar-refractivity contribution in [3.8, 4) is 0 Å². The van der Waals surface area contributed by atoms with Gasteiger partial charge in [-0.2, -0.15) is 18.2 Å². The molecule has 0 amide bonds.